The van der Waals surface area contributed by atoms with E-state index in [1.807, 2.05) is 91.0 Å². The molecule has 0 aromatic heterocycles. The second-order valence-electron chi connectivity index (χ2n) is 11.1. The number of fused-ring (bicyclic) bond motifs is 1. The van der Waals surface area contributed by atoms with Crippen molar-refractivity contribution in [1.29, 1.82) is 0 Å². The van der Waals surface area contributed by atoms with Gasteiger partial charge in [-0.3, -0.25) is 4.79 Å². The summed E-state index contributed by atoms with van der Waals surface area (Å²) in [6.45, 7) is 2.21. The Morgan fingerprint density at radius 3 is 1.80 bits per heavy atom. The van der Waals surface area contributed by atoms with Crippen molar-refractivity contribution >= 4 is 5.78 Å². The predicted molar refractivity (Wildman–Crippen MR) is 170 cm³/mol. The number of benzene rings is 5. The highest BCUT2D eigenvalue weighted by Gasteiger charge is 2.49. The molecular formula is C38H34O7. The van der Waals surface area contributed by atoms with Gasteiger partial charge in [0.1, 0.15) is 37.1 Å². The average Bonchev–Trinajstić information content (AvgIpc) is 3.07. The van der Waals surface area contributed by atoms with Gasteiger partial charge in [-0.15, -0.1) is 0 Å². The van der Waals surface area contributed by atoms with E-state index in [2.05, 4.69) is 0 Å². The highest BCUT2D eigenvalue weighted by atomic mass is 16.5. The summed E-state index contributed by atoms with van der Waals surface area (Å²) in [6, 6.07) is 37.4. The summed E-state index contributed by atoms with van der Waals surface area (Å²) < 4.78 is 24.6. The number of aliphatic hydroxyl groups is 1. The highest BCUT2D eigenvalue weighted by Crippen LogP contribution is 2.48. The van der Waals surface area contributed by atoms with E-state index in [0.29, 0.717) is 35.0 Å². The second kappa shape index (κ2) is 13.2. The number of aromatic hydroxyl groups is 1. The first kappa shape index (κ1) is 29.8. The summed E-state index contributed by atoms with van der Waals surface area (Å²) in [5, 5.41) is 22.7. The molecule has 6 rings (SSSR count). The molecule has 7 heteroatoms. The zero-order chi connectivity index (χ0) is 31.2. The third-order valence-corrected chi connectivity index (χ3v) is 7.88. The van der Waals surface area contributed by atoms with E-state index < -0.39 is 17.5 Å². The van der Waals surface area contributed by atoms with Gasteiger partial charge in [0.25, 0.3) is 0 Å². The summed E-state index contributed by atoms with van der Waals surface area (Å²) in [7, 11) is 0. The first-order valence-electron chi connectivity index (χ1n) is 14.8. The van der Waals surface area contributed by atoms with Gasteiger partial charge in [-0.25, -0.2) is 0 Å². The number of ketones is 1. The van der Waals surface area contributed by atoms with Gasteiger partial charge < -0.3 is 29.2 Å². The molecule has 0 bridgehead atoms. The molecule has 0 fully saturated rings. The fourth-order valence-corrected chi connectivity index (χ4v) is 5.36. The van der Waals surface area contributed by atoms with Crippen LogP contribution in [0.1, 0.15) is 40.8 Å². The molecule has 0 spiro atoms. The molecule has 7 nitrogen and oxygen atoms in total. The van der Waals surface area contributed by atoms with E-state index in [4.69, 9.17) is 18.9 Å². The van der Waals surface area contributed by atoms with E-state index in [-0.39, 0.29) is 31.1 Å². The van der Waals surface area contributed by atoms with Crippen LogP contribution in [0.3, 0.4) is 0 Å². The Bertz CT molecular complexity index is 1760. The summed E-state index contributed by atoms with van der Waals surface area (Å²) in [6.07, 6.45) is -1.17. The van der Waals surface area contributed by atoms with Crippen LogP contribution in [0.25, 0.3) is 0 Å². The van der Waals surface area contributed by atoms with Crippen LogP contribution < -0.4 is 18.9 Å². The zero-order valence-electron chi connectivity index (χ0n) is 24.9. The van der Waals surface area contributed by atoms with Crippen LogP contribution in [0, 0.1) is 0 Å². The summed E-state index contributed by atoms with van der Waals surface area (Å²) in [4.78, 5) is 13.1. The van der Waals surface area contributed by atoms with Crippen molar-refractivity contribution in [2.24, 2.45) is 0 Å². The van der Waals surface area contributed by atoms with Crippen molar-refractivity contribution in [3.8, 4) is 28.7 Å². The number of ether oxygens (including phenoxy) is 4. The number of rotatable bonds is 11. The van der Waals surface area contributed by atoms with Crippen molar-refractivity contribution < 1.29 is 34.0 Å². The van der Waals surface area contributed by atoms with E-state index in [9.17, 15) is 15.0 Å². The molecule has 0 saturated heterocycles. The fraction of sp³-hybridized carbons (Fsp3) is 0.184. The molecule has 5 aromatic rings. The van der Waals surface area contributed by atoms with Crippen LogP contribution in [0.15, 0.2) is 121 Å². The maximum Gasteiger partial charge on any atom is 0.167 e. The maximum absolute atomic E-state index is 13.1. The Hall–Kier alpha value is -5.27. The second-order valence-corrected chi connectivity index (χ2v) is 11.1. The van der Waals surface area contributed by atoms with Crippen LogP contribution in [-0.4, -0.2) is 21.6 Å². The minimum atomic E-state index is -1.93. The number of phenolic OH excluding ortho intramolecular Hbond substituents is 1. The van der Waals surface area contributed by atoms with Crippen LogP contribution in [0.5, 0.6) is 28.7 Å². The number of phenols is 1. The smallest absolute Gasteiger partial charge is 0.167 e. The van der Waals surface area contributed by atoms with E-state index in [1.54, 1.807) is 24.3 Å². The summed E-state index contributed by atoms with van der Waals surface area (Å²) in [5.74, 6) is 1.06. The summed E-state index contributed by atoms with van der Waals surface area (Å²) >= 11 is 0. The first-order valence-corrected chi connectivity index (χ1v) is 14.8. The lowest BCUT2D eigenvalue weighted by atomic mass is 9.79. The third-order valence-electron chi connectivity index (χ3n) is 7.88. The van der Waals surface area contributed by atoms with Gasteiger partial charge in [-0.1, -0.05) is 97.1 Å². The molecule has 2 N–H and O–H groups in total. The topological polar surface area (TPSA) is 94.5 Å². The summed E-state index contributed by atoms with van der Waals surface area (Å²) in [5.41, 5.74) is 1.96. The molecule has 1 aliphatic heterocycles. The van der Waals surface area contributed by atoms with Gasteiger partial charge in [0.05, 0.1) is 0 Å². The molecule has 0 amide bonds. The lowest BCUT2D eigenvalue weighted by Crippen LogP contribution is -2.50. The van der Waals surface area contributed by atoms with Crippen LogP contribution in [-0.2, 0) is 31.0 Å². The number of hydrogen-bond acceptors (Lipinski definition) is 7. The van der Waals surface area contributed by atoms with Gasteiger partial charge in [0.2, 0.25) is 0 Å². The number of hydrogen-bond donors (Lipinski definition) is 2. The SMILES string of the molecule is CC(=O)[C@]1(O)Cc2c(OCc3ccccc3)cc(OCc3ccccc3)cc2O[C@@H]1c1ccc(OCc2ccccc2)c(O)c1. The van der Waals surface area contributed by atoms with Crippen LogP contribution in [0.4, 0.5) is 0 Å². The van der Waals surface area contributed by atoms with Gasteiger partial charge in [-0.05, 0) is 41.3 Å². The molecule has 5 aromatic carbocycles. The molecule has 0 radical (unpaired) electrons. The van der Waals surface area contributed by atoms with Gasteiger partial charge in [0, 0.05) is 24.1 Å². The minimum absolute atomic E-state index is 0.0571. The number of carbonyl (C=O) groups is 1. The molecule has 45 heavy (non-hydrogen) atoms. The monoisotopic (exact) mass is 602 g/mol. The quantitative estimate of drug-likeness (QED) is 0.166. The maximum atomic E-state index is 13.1. The van der Waals surface area contributed by atoms with Crippen molar-refractivity contribution in [3.05, 3.63) is 149 Å². The molecule has 1 heterocycles. The predicted octanol–water partition coefficient (Wildman–Crippen LogP) is 7.13. The standard InChI is InChI=1S/C38H34O7/c1-26(39)38(41)22-32-35(44-25-29-15-9-4-10-16-29)20-31(42-23-27-11-5-2-6-12-27)21-36(32)45-37(38)30-17-18-34(33(40)19-30)43-24-28-13-7-3-8-14-28/h2-21,37,40-41H,22-25H2,1H3/t37-,38-/m1/s1. The van der Waals surface area contributed by atoms with Gasteiger partial charge >= 0.3 is 0 Å². The van der Waals surface area contributed by atoms with Crippen molar-refractivity contribution in [3.63, 3.8) is 0 Å². The van der Waals surface area contributed by atoms with Crippen molar-refractivity contribution in [1.82, 2.24) is 0 Å². The van der Waals surface area contributed by atoms with Gasteiger partial charge in [-0.2, -0.15) is 0 Å². The van der Waals surface area contributed by atoms with E-state index in [0.717, 1.165) is 16.7 Å². The number of Topliss-reactive ketones (excluding diaryl/α,β-unsaturated/α-hetero) is 1. The van der Waals surface area contributed by atoms with E-state index >= 15 is 0 Å². The first-order chi connectivity index (χ1) is 21.9. The lowest BCUT2D eigenvalue weighted by Gasteiger charge is -2.40. The van der Waals surface area contributed by atoms with Crippen LogP contribution in [0.2, 0.25) is 0 Å². The third kappa shape index (κ3) is 6.79. The molecule has 1 aliphatic rings. The Labute approximate surface area is 262 Å². The molecule has 2 atom stereocenters. The van der Waals surface area contributed by atoms with Crippen molar-refractivity contribution in [2.45, 2.75) is 44.9 Å². The zero-order valence-corrected chi connectivity index (χ0v) is 24.9. The normalized spacial score (nSPS) is 17.1. The van der Waals surface area contributed by atoms with Crippen LogP contribution >= 0.6 is 0 Å². The fourth-order valence-electron chi connectivity index (χ4n) is 5.36. The molecular weight excluding hydrogens is 568 g/mol. The highest BCUT2D eigenvalue weighted by molar-refractivity contribution is 5.87. The van der Waals surface area contributed by atoms with Crippen molar-refractivity contribution in [2.75, 3.05) is 0 Å². The molecule has 0 aliphatic carbocycles. The Morgan fingerprint density at radius 1 is 0.733 bits per heavy atom. The average molecular weight is 603 g/mol. The number of carbonyl (C=O) groups excluding carboxylic acids is 1. The molecule has 0 saturated carbocycles. The largest absolute Gasteiger partial charge is 0.504 e. The molecule has 0 unspecified atom stereocenters. The lowest BCUT2D eigenvalue weighted by molar-refractivity contribution is -0.149. The van der Waals surface area contributed by atoms with E-state index in [1.165, 1.54) is 13.0 Å². The van der Waals surface area contributed by atoms with Gasteiger partial charge in [0.15, 0.2) is 29.0 Å². The Balaban J connectivity index is 1.31. The minimum Gasteiger partial charge on any atom is -0.504 e. The Kier molecular flexibility index (Phi) is 8.71. The Morgan fingerprint density at radius 2 is 1.27 bits per heavy atom. The molecule has 228 valence electrons.